The normalized spacial score (nSPS) is 11.5. The second-order valence-corrected chi connectivity index (χ2v) is 11.7. The highest BCUT2D eigenvalue weighted by Gasteiger charge is 2.55. The van der Waals surface area contributed by atoms with Crippen molar-refractivity contribution in [3.05, 3.63) is 257 Å². The maximum atomic E-state index is 2.56. The van der Waals surface area contributed by atoms with Gasteiger partial charge in [0.05, 0.1) is 10.8 Å². The lowest BCUT2D eigenvalue weighted by molar-refractivity contribution is 0.434. The summed E-state index contributed by atoms with van der Waals surface area (Å²) >= 11 is 0. The lowest BCUT2D eigenvalue weighted by atomic mass is 9.48. The maximum Gasteiger partial charge on any atom is 0.0623 e. The van der Waals surface area contributed by atoms with Crippen LogP contribution < -0.4 is 0 Å². The van der Waals surface area contributed by atoms with E-state index in [1.807, 2.05) is 0 Å². The van der Waals surface area contributed by atoms with Gasteiger partial charge in [-0.1, -0.05) is 218 Å². The monoisotopic (exact) mass is 588 g/mol. The molecule has 0 heteroatoms. The maximum absolute atomic E-state index is 2.56. The van der Waals surface area contributed by atoms with Gasteiger partial charge in [0, 0.05) is 0 Å². The van der Waals surface area contributed by atoms with Gasteiger partial charge in [0.25, 0.3) is 0 Å². The fourth-order valence-electron chi connectivity index (χ4n) is 7.31. The largest absolute Gasteiger partial charge is 0.0623 e. The molecule has 0 fully saturated rings. The number of allylic oxidation sites excluding steroid dienone is 1. The van der Waals surface area contributed by atoms with Gasteiger partial charge in [-0.2, -0.15) is 0 Å². The van der Waals surface area contributed by atoms with Crippen molar-refractivity contribution in [3.8, 4) is 0 Å². The van der Waals surface area contributed by atoms with E-state index in [0.717, 1.165) is 0 Å². The Kier molecular flexibility index (Phi) is 8.26. The van der Waals surface area contributed by atoms with Crippen molar-refractivity contribution < 1.29 is 0 Å². The van der Waals surface area contributed by atoms with Crippen molar-refractivity contribution in [2.45, 2.75) is 10.8 Å². The van der Waals surface area contributed by atoms with Crippen molar-refractivity contribution in [1.29, 1.82) is 0 Å². The summed E-state index contributed by atoms with van der Waals surface area (Å²) in [6.45, 7) is 0. The van der Waals surface area contributed by atoms with Crippen LogP contribution in [0.5, 0.6) is 0 Å². The van der Waals surface area contributed by atoms with Crippen LogP contribution in [-0.2, 0) is 10.8 Å². The van der Waals surface area contributed by atoms with Gasteiger partial charge in [-0.05, 0) is 44.5 Å². The number of hydrogen-bond acceptors (Lipinski definition) is 0. The van der Waals surface area contributed by atoms with Crippen LogP contribution in [0.3, 0.4) is 0 Å². The molecular weight excluding hydrogens is 553 g/mol. The molecule has 220 valence electrons. The molecular formula is C46H36. The van der Waals surface area contributed by atoms with Gasteiger partial charge in [-0.15, -0.1) is 0 Å². The summed E-state index contributed by atoms with van der Waals surface area (Å²) in [5, 5.41) is 0. The molecule has 46 heavy (non-hydrogen) atoms. The van der Waals surface area contributed by atoms with Gasteiger partial charge >= 0.3 is 0 Å². The Morgan fingerprint density at radius 1 is 0.283 bits per heavy atom. The smallest absolute Gasteiger partial charge is 0.0622 e. The topological polar surface area (TPSA) is 0 Å². The first-order valence-electron chi connectivity index (χ1n) is 16.0. The highest BCUT2D eigenvalue weighted by Crippen LogP contribution is 2.58. The molecule has 0 aliphatic heterocycles. The standard InChI is InChI=1S/C46H36/c1-8-22-37(23-9-1)44(38-24-10-2-11-25-38)36-45(39-26-12-3-13-27-39,40-28-14-4-15-29-40)46(41-30-16-5-17-31-41,42-32-18-6-19-33-42)43-34-20-7-21-35-43/h1-36H. The van der Waals surface area contributed by atoms with Crippen LogP contribution in [0, 0.1) is 0 Å². The number of hydrogen-bond donors (Lipinski definition) is 0. The first-order valence-corrected chi connectivity index (χ1v) is 16.0. The molecule has 0 heterocycles. The Labute approximate surface area is 273 Å². The predicted molar refractivity (Wildman–Crippen MR) is 193 cm³/mol. The molecule has 0 atom stereocenters. The summed E-state index contributed by atoms with van der Waals surface area (Å²) < 4.78 is 0. The molecule has 0 aromatic heterocycles. The Bertz CT molecular complexity index is 1800. The minimum absolute atomic E-state index is 0.686. The molecule has 0 aliphatic rings. The van der Waals surface area contributed by atoms with E-state index in [9.17, 15) is 0 Å². The van der Waals surface area contributed by atoms with Gasteiger partial charge in [0.15, 0.2) is 0 Å². The average molecular weight is 589 g/mol. The van der Waals surface area contributed by atoms with Gasteiger partial charge in [-0.3, -0.25) is 0 Å². The molecule has 7 aromatic carbocycles. The highest BCUT2D eigenvalue weighted by molar-refractivity contribution is 5.83. The molecule has 0 radical (unpaired) electrons. The fraction of sp³-hybridized carbons (Fsp3) is 0.0435. The van der Waals surface area contributed by atoms with Crippen molar-refractivity contribution in [2.24, 2.45) is 0 Å². The lowest BCUT2D eigenvalue weighted by Gasteiger charge is -2.52. The Morgan fingerprint density at radius 3 is 0.804 bits per heavy atom. The molecule has 0 nitrogen and oxygen atoms in total. The average Bonchev–Trinajstić information content (AvgIpc) is 3.16. The molecule has 0 saturated carbocycles. The summed E-state index contributed by atoms with van der Waals surface area (Å²) in [5.74, 6) is 0. The Hall–Kier alpha value is -5.72. The van der Waals surface area contributed by atoms with E-state index in [-0.39, 0.29) is 0 Å². The van der Waals surface area contributed by atoms with Crippen molar-refractivity contribution in [3.63, 3.8) is 0 Å². The lowest BCUT2D eigenvalue weighted by Crippen LogP contribution is -2.51. The zero-order chi connectivity index (χ0) is 31.1. The molecule has 0 aliphatic carbocycles. The molecule has 0 amide bonds. The second kappa shape index (κ2) is 13.1. The van der Waals surface area contributed by atoms with Crippen LogP contribution >= 0.6 is 0 Å². The Balaban J connectivity index is 1.78. The van der Waals surface area contributed by atoms with Crippen LogP contribution in [0.25, 0.3) is 5.57 Å². The zero-order valence-corrected chi connectivity index (χ0v) is 25.8. The van der Waals surface area contributed by atoms with Gasteiger partial charge < -0.3 is 0 Å². The van der Waals surface area contributed by atoms with E-state index in [1.165, 1.54) is 44.5 Å². The third kappa shape index (κ3) is 5.09. The summed E-state index contributed by atoms with van der Waals surface area (Å²) in [4.78, 5) is 0. The molecule has 0 bridgehead atoms. The van der Waals surface area contributed by atoms with E-state index < -0.39 is 10.8 Å². The molecule has 0 saturated heterocycles. The van der Waals surface area contributed by atoms with E-state index in [2.05, 4.69) is 218 Å². The molecule has 7 rings (SSSR count). The van der Waals surface area contributed by atoms with Crippen LogP contribution in [0.15, 0.2) is 218 Å². The van der Waals surface area contributed by atoms with Crippen molar-refractivity contribution in [2.75, 3.05) is 0 Å². The van der Waals surface area contributed by atoms with Gasteiger partial charge in [0.1, 0.15) is 0 Å². The zero-order valence-electron chi connectivity index (χ0n) is 25.8. The molecule has 0 unspecified atom stereocenters. The van der Waals surface area contributed by atoms with Crippen molar-refractivity contribution >= 4 is 5.57 Å². The minimum atomic E-state index is -0.722. The van der Waals surface area contributed by atoms with Crippen LogP contribution in [0.1, 0.15) is 38.9 Å². The van der Waals surface area contributed by atoms with E-state index in [4.69, 9.17) is 0 Å². The van der Waals surface area contributed by atoms with E-state index in [1.54, 1.807) is 0 Å². The van der Waals surface area contributed by atoms with Crippen LogP contribution in [-0.4, -0.2) is 0 Å². The fourth-order valence-corrected chi connectivity index (χ4v) is 7.31. The quantitative estimate of drug-likeness (QED) is 0.147. The van der Waals surface area contributed by atoms with Crippen LogP contribution in [0.4, 0.5) is 0 Å². The SMILES string of the molecule is C(=C(c1ccccc1)c1ccccc1)C(c1ccccc1)(c1ccccc1)C(c1ccccc1)(c1ccccc1)c1ccccc1. The van der Waals surface area contributed by atoms with Gasteiger partial charge in [0.2, 0.25) is 0 Å². The van der Waals surface area contributed by atoms with E-state index in [0.29, 0.717) is 0 Å². The van der Waals surface area contributed by atoms with Crippen molar-refractivity contribution in [1.82, 2.24) is 0 Å². The second-order valence-electron chi connectivity index (χ2n) is 11.7. The summed E-state index contributed by atoms with van der Waals surface area (Å²) in [6, 6.07) is 77.1. The third-order valence-electron chi connectivity index (χ3n) is 9.20. The predicted octanol–water partition coefficient (Wildman–Crippen LogP) is 11.1. The minimum Gasteiger partial charge on any atom is -0.0622 e. The summed E-state index contributed by atoms with van der Waals surface area (Å²) in [7, 11) is 0. The van der Waals surface area contributed by atoms with Crippen LogP contribution in [0.2, 0.25) is 0 Å². The summed E-state index contributed by atoms with van der Waals surface area (Å²) in [6.07, 6.45) is 2.56. The highest BCUT2D eigenvalue weighted by atomic mass is 14.6. The number of rotatable bonds is 9. The number of benzene rings is 7. The Morgan fingerprint density at radius 2 is 0.522 bits per heavy atom. The third-order valence-corrected chi connectivity index (χ3v) is 9.20. The molecule has 0 N–H and O–H groups in total. The molecule has 7 aromatic rings. The summed E-state index contributed by atoms with van der Waals surface area (Å²) in [5.41, 5.74) is 8.20. The van der Waals surface area contributed by atoms with E-state index >= 15 is 0 Å². The molecule has 0 spiro atoms. The van der Waals surface area contributed by atoms with Gasteiger partial charge in [-0.25, -0.2) is 0 Å². The first-order chi connectivity index (χ1) is 22.8. The first kappa shape index (κ1) is 29.0.